The first-order valence-electron chi connectivity index (χ1n) is 9.02. The summed E-state index contributed by atoms with van der Waals surface area (Å²) in [5.74, 6) is 0.557. The smallest absolute Gasteiger partial charge is 0.363 e. The van der Waals surface area contributed by atoms with Crippen LogP contribution >= 0.6 is 0 Å². The van der Waals surface area contributed by atoms with Gasteiger partial charge >= 0.3 is 5.97 Å². The molecule has 1 aliphatic heterocycles. The molecule has 0 radical (unpaired) electrons. The number of methoxy groups -OCH3 is 3. The van der Waals surface area contributed by atoms with Gasteiger partial charge in [-0.15, -0.1) is 0 Å². The highest BCUT2D eigenvalue weighted by Crippen LogP contribution is 2.39. The molecule has 2 aromatic rings. The predicted octanol–water partition coefficient (Wildman–Crippen LogP) is 3.53. The summed E-state index contributed by atoms with van der Waals surface area (Å²) in [4.78, 5) is 27.4. The fourth-order valence-corrected chi connectivity index (χ4v) is 3.03. The molecule has 0 unspecified atom stereocenters. The Kier molecular flexibility index (Phi) is 6.01. The van der Waals surface area contributed by atoms with Crippen LogP contribution in [-0.4, -0.2) is 38.1 Å². The van der Waals surface area contributed by atoms with Gasteiger partial charge in [-0.05, 0) is 30.2 Å². The number of cyclic esters (lactones) is 1. The minimum Gasteiger partial charge on any atom is -0.493 e. The maximum atomic E-state index is 12.3. The van der Waals surface area contributed by atoms with Crippen LogP contribution in [0.2, 0.25) is 0 Å². The normalized spacial score (nSPS) is 14.3. The van der Waals surface area contributed by atoms with Gasteiger partial charge in [0.25, 0.3) is 5.69 Å². The molecule has 0 saturated heterocycles. The summed E-state index contributed by atoms with van der Waals surface area (Å²) in [6, 6.07) is 7.98. The first-order valence-corrected chi connectivity index (χ1v) is 9.02. The zero-order valence-corrected chi connectivity index (χ0v) is 16.9. The molecular formula is C21H20N2O7. The molecule has 0 N–H and O–H groups in total. The Labute approximate surface area is 172 Å². The summed E-state index contributed by atoms with van der Waals surface area (Å²) < 4.78 is 21.2. The monoisotopic (exact) mass is 412 g/mol. The van der Waals surface area contributed by atoms with E-state index < -0.39 is 10.9 Å². The van der Waals surface area contributed by atoms with E-state index in [1.54, 1.807) is 24.3 Å². The number of nitro groups is 1. The number of aryl methyl sites for hydroxylation is 1. The number of aliphatic imine (C=N–C) groups is 1. The van der Waals surface area contributed by atoms with Crippen molar-refractivity contribution in [2.45, 2.75) is 13.3 Å². The fraction of sp³-hybridized carbons (Fsp3) is 0.238. The number of carbonyl (C=O) groups excluding carboxylic acids is 1. The van der Waals surface area contributed by atoms with E-state index >= 15 is 0 Å². The third-order valence-corrected chi connectivity index (χ3v) is 4.52. The van der Waals surface area contributed by atoms with Crippen LogP contribution in [0.3, 0.4) is 0 Å². The van der Waals surface area contributed by atoms with E-state index in [2.05, 4.69) is 4.99 Å². The van der Waals surface area contributed by atoms with Crippen LogP contribution in [-0.2, 0) is 16.0 Å². The second-order valence-corrected chi connectivity index (χ2v) is 6.25. The van der Waals surface area contributed by atoms with E-state index in [4.69, 9.17) is 18.9 Å². The van der Waals surface area contributed by atoms with Crippen molar-refractivity contribution < 1.29 is 28.7 Å². The Hall–Kier alpha value is -3.88. The molecular weight excluding hydrogens is 392 g/mol. The van der Waals surface area contributed by atoms with Crippen LogP contribution < -0.4 is 14.2 Å². The molecule has 1 aliphatic rings. The Bertz CT molecular complexity index is 1050. The van der Waals surface area contributed by atoms with E-state index in [0.717, 1.165) is 0 Å². The molecule has 3 rings (SSSR count). The summed E-state index contributed by atoms with van der Waals surface area (Å²) in [5.41, 5.74) is 1.55. The highest BCUT2D eigenvalue weighted by Gasteiger charge is 2.27. The van der Waals surface area contributed by atoms with Crippen molar-refractivity contribution >= 4 is 23.6 Å². The Balaban J connectivity index is 2.01. The lowest BCUT2D eigenvalue weighted by Gasteiger charge is -2.13. The maximum Gasteiger partial charge on any atom is 0.363 e. The molecule has 0 aromatic heterocycles. The number of rotatable bonds is 7. The minimum absolute atomic E-state index is 0.00737. The van der Waals surface area contributed by atoms with Crippen LogP contribution in [0, 0.1) is 10.1 Å². The average molecular weight is 412 g/mol. The summed E-state index contributed by atoms with van der Waals surface area (Å²) >= 11 is 0. The standard InChI is InChI=1S/C21H20N2O7/c1-5-13-7-6-12(9-16(13)23(25)26)8-15-21(24)30-20(22-15)14-10-17(27-2)19(29-4)18(11-14)28-3/h6-11H,5H2,1-4H3/b15-8-. The summed E-state index contributed by atoms with van der Waals surface area (Å²) in [6.45, 7) is 1.84. The van der Waals surface area contributed by atoms with Crippen LogP contribution in [0.15, 0.2) is 41.0 Å². The molecule has 0 saturated carbocycles. The minimum atomic E-state index is -0.666. The third-order valence-electron chi connectivity index (χ3n) is 4.52. The van der Waals surface area contributed by atoms with E-state index in [9.17, 15) is 14.9 Å². The number of nitrogens with zero attached hydrogens (tertiary/aromatic N) is 2. The van der Waals surface area contributed by atoms with Crippen molar-refractivity contribution in [2.75, 3.05) is 21.3 Å². The molecule has 0 atom stereocenters. The van der Waals surface area contributed by atoms with Crippen molar-refractivity contribution in [1.29, 1.82) is 0 Å². The number of hydrogen-bond acceptors (Lipinski definition) is 8. The van der Waals surface area contributed by atoms with Gasteiger partial charge in [-0.3, -0.25) is 10.1 Å². The number of esters is 1. The summed E-state index contributed by atoms with van der Waals surface area (Å²) in [6.07, 6.45) is 1.97. The van der Waals surface area contributed by atoms with Gasteiger partial charge in [-0.2, -0.15) is 0 Å². The molecule has 0 fully saturated rings. The van der Waals surface area contributed by atoms with Crippen LogP contribution in [0.4, 0.5) is 5.69 Å². The highest BCUT2D eigenvalue weighted by atomic mass is 16.6. The Morgan fingerprint density at radius 2 is 1.77 bits per heavy atom. The van der Waals surface area contributed by atoms with Crippen molar-refractivity contribution in [3.05, 3.63) is 62.8 Å². The summed E-state index contributed by atoms with van der Waals surface area (Å²) in [5, 5.41) is 11.3. The lowest BCUT2D eigenvalue weighted by Crippen LogP contribution is -2.07. The lowest BCUT2D eigenvalue weighted by molar-refractivity contribution is -0.385. The molecule has 0 bridgehead atoms. The first kappa shape index (κ1) is 20.8. The lowest BCUT2D eigenvalue weighted by atomic mass is 10.1. The van der Waals surface area contributed by atoms with Gasteiger partial charge in [0.1, 0.15) is 0 Å². The predicted molar refractivity (Wildman–Crippen MR) is 109 cm³/mol. The Morgan fingerprint density at radius 1 is 1.10 bits per heavy atom. The molecule has 1 heterocycles. The number of nitro benzene ring substituents is 1. The SMILES string of the molecule is CCc1ccc(/C=C2\N=C(c3cc(OC)c(OC)c(OC)c3)OC2=O)cc1[N+](=O)[O-]. The van der Waals surface area contributed by atoms with Gasteiger partial charge in [0.15, 0.2) is 17.2 Å². The maximum absolute atomic E-state index is 12.3. The topological polar surface area (TPSA) is 109 Å². The summed E-state index contributed by atoms with van der Waals surface area (Å²) in [7, 11) is 4.43. The average Bonchev–Trinajstić information content (AvgIpc) is 3.12. The number of hydrogen-bond donors (Lipinski definition) is 0. The number of ether oxygens (including phenoxy) is 4. The van der Waals surface area contributed by atoms with Gasteiger partial charge in [0.2, 0.25) is 11.6 Å². The number of benzene rings is 2. The second-order valence-electron chi connectivity index (χ2n) is 6.25. The zero-order chi connectivity index (χ0) is 21.8. The highest BCUT2D eigenvalue weighted by molar-refractivity contribution is 6.13. The fourth-order valence-electron chi connectivity index (χ4n) is 3.03. The van der Waals surface area contributed by atoms with Crippen LogP contribution in [0.25, 0.3) is 6.08 Å². The molecule has 2 aromatic carbocycles. The van der Waals surface area contributed by atoms with Gasteiger partial charge in [-0.25, -0.2) is 9.79 Å². The van der Waals surface area contributed by atoms with E-state index in [-0.39, 0.29) is 17.3 Å². The van der Waals surface area contributed by atoms with Crippen molar-refractivity contribution in [2.24, 2.45) is 4.99 Å². The van der Waals surface area contributed by atoms with E-state index in [1.165, 1.54) is 33.5 Å². The van der Waals surface area contributed by atoms with Gasteiger partial charge in [0.05, 0.1) is 26.3 Å². The second kappa shape index (κ2) is 8.64. The van der Waals surface area contributed by atoms with Gasteiger partial charge in [0, 0.05) is 17.2 Å². The molecule has 0 aliphatic carbocycles. The van der Waals surface area contributed by atoms with Crippen molar-refractivity contribution in [3.63, 3.8) is 0 Å². The quantitative estimate of drug-likeness (QED) is 0.296. The van der Waals surface area contributed by atoms with Crippen molar-refractivity contribution in [1.82, 2.24) is 0 Å². The van der Waals surface area contributed by atoms with Gasteiger partial charge in [-0.1, -0.05) is 19.1 Å². The molecule has 9 nitrogen and oxygen atoms in total. The van der Waals surface area contributed by atoms with Gasteiger partial charge < -0.3 is 18.9 Å². The third kappa shape index (κ3) is 3.95. The number of carbonyl (C=O) groups is 1. The molecule has 9 heteroatoms. The molecule has 156 valence electrons. The Morgan fingerprint density at radius 3 is 2.30 bits per heavy atom. The molecule has 30 heavy (non-hydrogen) atoms. The first-order chi connectivity index (χ1) is 14.4. The van der Waals surface area contributed by atoms with Crippen LogP contribution in [0.5, 0.6) is 17.2 Å². The largest absolute Gasteiger partial charge is 0.493 e. The van der Waals surface area contributed by atoms with Crippen LogP contribution in [0.1, 0.15) is 23.6 Å². The van der Waals surface area contributed by atoms with Crippen molar-refractivity contribution in [3.8, 4) is 17.2 Å². The zero-order valence-electron chi connectivity index (χ0n) is 16.9. The van der Waals surface area contributed by atoms with E-state index in [0.29, 0.717) is 40.4 Å². The molecule has 0 spiro atoms. The van der Waals surface area contributed by atoms with E-state index in [1.807, 2.05) is 6.92 Å². The molecule has 0 amide bonds.